The van der Waals surface area contributed by atoms with Gasteiger partial charge in [0.1, 0.15) is 5.82 Å². The van der Waals surface area contributed by atoms with E-state index in [4.69, 9.17) is 0 Å². The molecule has 1 N–H and O–H groups in total. The van der Waals surface area contributed by atoms with Gasteiger partial charge in [-0.05, 0) is 55.7 Å². The van der Waals surface area contributed by atoms with Crippen LogP contribution in [0.25, 0.3) is 0 Å². The maximum Gasteiger partial charge on any atom is 0.123 e. The van der Waals surface area contributed by atoms with Crippen molar-refractivity contribution < 1.29 is 4.39 Å². The van der Waals surface area contributed by atoms with Gasteiger partial charge < -0.3 is 5.32 Å². The highest BCUT2D eigenvalue weighted by atomic mass is 32.2. The van der Waals surface area contributed by atoms with Crippen molar-refractivity contribution in [3.8, 4) is 0 Å². The van der Waals surface area contributed by atoms with Crippen molar-refractivity contribution in [2.75, 3.05) is 12.3 Å². The molecular formula is C14H20FNS. The van der Waals surface area contributed by atoms with Gasteiger partial charge in [0, 0.05) is 17.8 Å². The van der Waals surface area contributed by atoms with Crippen molar-refractivity contribution in [1.82, 2.24) is 5.32 Å². The van der Waals surface area contributed by atoms with Gasteiger partial charge in [0.2, 0.25) is 0 Å². The Kier molecular flexibility index (Phi) is 4.10. The number of hydrogen-bond acceptors (Lipinski definition) is 2. The maximum absolute atomic E-state index is 13.0. The summed E-state index contributed by atoms with van der Waals surface area (Å²) in [4.78, 5) is 0. The van der Waals surface area contributed by atoms with Crippen molar-refractivity contribution in [1.29, 1.82) is 0 Å². The lowest BCUT2D eigenvalue weighted by molar-refractivity contribution is 0.536. The molecule has 1 heterocycles. The van der Waals surface area contributed by atoms with E-state index in [1.54, 1.807) is 6.07 Å². The van der Waals surface area contributed by atoms with Gasteiger partial charge in [-0.25, -0.2) is 4.39 Å². The molecule has 1 atom stereocenters. The predicted octanol–water partition coefficient (Wildman–Crippen LogP) is 3.51. The van der Waals surface area contributed by atoms with Crippen LogP contribution in [0.1, 0.15) is 30.9 Å². The number of rotatable bonds is 4. The summed E-state index contributed by atoms with van der Waals surface area (Å²) in [5, 5.41) is 3.50. The Morgan fingerprint density at radius 1 is 1.47 bits per heavy atom. The lowest BCUT2D eigenvalue weighted by Crippen LogP contribution is -2.32. The molecule has 0 aliphatic carbocycles. The lowest BCUT2D eigenvalue weighted by atomic mass is 10.1. The minimum absolute atomic E-state index is 0.149. The third kappa shape index (κ3) is 3.46. The van der Waals surface area contributed by atoms with Crippen LogP contribution in [-0.2, 0) is 6.54 Å². The molecule has 1 nitrogen and oxygen atoms in total. The van der Waals surface area contributed by atoms with E-state index in [-0.39, 0.29) is 5.82 Å². The smallest absolute Gasteiger partial charge is 0.123 e. The zero-order valence-electron chi connectivity index (χ0n) is 10.6. The Labute approximate surface area is 107 Å². The van der Waals surface area contributed by atoms with Crippen LogP contribution < -0.4 is 5.32 Å². The Morgan fingerprint density at radius 2 is 2.29 bits per heavy atom. The van der Waals surface area contributed by atoms with Crippen LogP contribution in [0.5, 0.6) is 0 Å². The van der Waals surface area contributed by atoms with Gasteiger partial charge in [-0.3, -0.25) is 0 Å². The van der Waals surface area contributed by atoms with E-state index in [0.29, 0.717) is 4.75 Å². The minimum atomic E-state index is -0.149. The zero-order chi connectivity index (χ0) is 12.3. The topological polar surface area (TPSA) is 12.0 Å². The normalized spacial score (nSPS) is 24.2. The number of benzene rings is 1. The Balaban J connectivity index is 1.85. The van der Waals surface area contributed by atoms with E-state index >= 15 is 0 Å². The van der Waals surface area contributed by atoms with Crippen LogP contribution in [0.4, 0.5) is 4.39 Å². The van der Waals surface area contributed by atoms with Gasteiger partial charge >= 0.3 is 0 Å². The van der Waals surface area contributed by atoms with Crippen molar-refractivity contribution in [3.05, 3.63) is 35.1 Å². The molecule has 17 heavy (non-hydrogen) atoms. The molecule has 1 aromatic rings. The second kappa shape index (κ2) is 5.40. The second-order valence-corrected chi connectivity index (χ2v) is 6.76. The molecule has 1 saturated heterocycles. The summed E-state index contributed by atoms with van der Waals surface area (Å²) in [5.74, 6) is 1.14. The van der Waals surface area contributed by atoms with Gasteiger partial charge in [-0.2, -0.15) is 11.8 Å². The van der Waals surface area contributed by atoms with Crippen molar-refractivity contribution in [2.45, 2.75) is 38.0 Å². The molecule has 0 aromatic heterocycles. The molecule has 0 spiro atoms. The van der Waals surface area contributed by atoms with E-state index in [0.717, 1.165) is 18.7 Å². The largest absolute Gasteiger partial charge is 0.311 e. The molecule has 0 saturated carbocycles. The zero-order valence-corrected chi connectivity index (χ0v) is 11.4. The molecule has 0 radical (unpaired) electrons. The number of thioether (sulfide) groups is 1. The summed E-state index contributed by atoms with van der Waals surface area (Å²) in [5.41, 5.74) is 2.22. The second-order valence-electron chi connectivity index (χ2n) is 5.08. The highest BCUT2D eigenvalue weighted by Crippen LogP contribution is 2.36. The summed E-state index contributed by atoms with van der Waals surface area (Å²) in [6, 6.07) is 5.01. The summed E-state index contributed by atoms with van der Waals surface area (Å²) >= 11 is 2.06. The molecule has 1 fully saturated rings. The fourth-order valence-corrected chi connectivity index (χ4v) is 3.57. The fourth-order valence-electron chi connectivity index (χ4n) is 2.30. The molecule has 1 unspecified atom stereocenters. The van der Waals surface area contributed by atoms with Gasteiger partial charge in [-0.1, -0.05) is 6.07 Å². The van der Waals surface area contributed by atoms with Gasteiger partial charge in [0.15, 0.2) is 0 Å². The molecule has 2 rings (SSSR count). The third-order valence-electron chi connectivity index (χ3n) is 3.42. The number of nitrogens with one attached hydrogen (secondary N) is 1. The van der Waals surface area contributed by atoms with E-state index in [1.807, 2.05) is 13.0 Å². The van der Waals surface area contributed by atoms with E-state index in [9.17, 15) is 4.39 Å². The van der Waals surface area contributed by atoms with Crippen LogP contribution >= 0.6 is 11.8 Å². The molecule has 3 heteroatoms. The first kappa shape index (κ1) is 12.9. The molecule has 1 aliphatic rings. The van der Waals surface area contributed by atoms with E-state index in [1.165, 1.54) is 30.2 Å². The summed E-state index contributed by atoms with van der Waals surface area (Å²) in [6.45, 7) is 6.16. The van der Waals surface area contributed by atoms with Crippen LogP contribution in [0.15, 0.2) is 18.2 Å². The lowest BCUT2D eigenvalue weighted by Gasteiger charge is -2.23. The van der Waals surface area contributed by atoms with Gasteiger partial charge in [0.25, 0.3) is 0 Å². The summed E-state index contributed by atoms with van der Waals surface area (Å²) in [6.07, 6.45) is 2.63. The predicted molar refractivity (Wildman–Crippen MR) is 72.9 cm³/mol. The number of aryl methyl sites for hydroxylation is 1. The van der Waals surface area contributed by atoms with Crippen LogP contribution in [0.2, 0.25) is 0 Å². The molecular weight excluding hydrogens is 233 g/mol. The van der Waals surface area contributed by atoms with Crippen LogP contribution in [0.3, 0.4) is 0 Å². The Morgan fingerprint density at radius 3 is 2.94 bits per heavy atom. The first-order valence-electron chi connectivity index (χ1n) is 6.19. The van der Waals surface area contributed by atoms with E-state index < -0.39 is 0 Å². The van der Waals surface area contributed by atoms with Gasteiger partial charge in [0.05, 0.1) is 0 Å². The third-order valence-corrected chi connectivity index (χ3v) is 4.96. The quantitative estimate of drug-likeness (QED) is 0.881. The minimum Gasteiger partial charge on any atom is -0.311 e. The Bertz CT molecular complexity index is 386. The monoisotopic (exact) mass is 253 g/mol. The molecule has 94 valence electrons. The van der Waals surface area contributed by atoms with Crippen molar-refractivity contribution in [2.24, 2.45) is 0 Å². The average Bonchev–Trinajstić information content (AvgIpc) is 2.69. The summed E-state index contributed by atoms with van der Waals surface area (Å²) in [7, 11) is 0. The molecule has 1 aromatic carbocycles. The number of halogens is 1. The molecule has 1 aliphatic heterocycles. The first-order chi connectivity index (χ1) is 8.09. The standard InChI is InChI=1S/C14H20FNS/c1-11-8-13(15)5-4-12(11)9-16-10-14(2)6-3-7-17-14/h4-5,8,16H,3,6-7,9-10H2,1-2H3. The highest BCUT2D eigenvalue weighted by Gasteiger charge is 2.28. The first-order valence-corrected chi connectivity index (χ1v) is 7.17. The number of hydrogen-bond donors (Lipinski definition) is 1. The Hall–Kier alpha value is -0.540. The van der Waals surface area contributed by atoms with Crippen LogP contribution in [-0.4, -0.2) is 17.0 Å². The van der Waals surface area contributed by atoms with Crippen molar-refractivity contribution in [3.63, 3.8) is 0 Å². The summed E-state index contributed by atoms with van der Waals surface area (Å²) < 4.78 is 13.3. The molecule has 0 bridgehead atoms. The van der Waals surface area contributed by atoms with Crippen molar-refractivity contribution >= 4 is 11.8 Å². The average molecular weight is 253 g/mol. The van der Waals surface area contributed by atoms with E-state index in [2.05, 4.69) is 24.0 Å². The maximum atomic E-state index is 13.0. The van der Waals surface area contributed by atoms with Gasteiger partial charge in [-0.15, -0.1) is 0 Å². The van der Waals surface area contributed by atoms with Crippen LogP contribution in [0, 0.1) is 12.7 Å². The highest BCUT2D eigenvalue weighted by molar-refractivity contribution is 8.00. The SMILES string of the molecule is Cc1cc(F)ccc1CNCC1(C)CCCS1. The fraction of sp³-hybridized carbons (Fsp3) is 0.571. The molecule has 0 amide bonds.